The van der Waals surface area contributed by atoms with Crippen molar-refractivity contribution in [1.82, 2.24) is 4.57 Å². The van der Waals surface area contributed by atoms with Crippen LogP contribution in [0.1, 0.15) is 77.2 Å². The van der Waals surface area contributed by atoms with E-state index in [0.29, 0.717) is 25.1 Å². The van der Waals surface area contributed by atoms with E-state index in [0.717, 1.165) is 10.9 Å². The number of rotatable bonds is 9. The maximum absolute atomic E-state index is 13.9. The molecule has 2 N–H and O–H groups in total. The second-order valence-corrected chi connectivity index (χ2v) is 11.5. The molecule has 0 atom stereocenters. The number of ether oxygens (including phenoxy) is 3. The summed E-state index contributed by atoms with van der Waals surface area (Å²) in [5.41, 5.74) is 0.570. The Morgan fingerprint density at radius 2 is 1.39 bits per heavy atom. The van der Waals surface area contributed by atoms with Crippen LogP contribution in [0.25, 0.3) is 10.9 Å². The van der Waals surface area contributed by atoms with Gasteiger partial charge in [0.05, 0.1) is 6.61 Å². The van der Waals surface area contributed by atoms with Crippen LogP contribution in [0, 0.1) is 0 Å². The standard InChI is InChI=1S/C31H39N3O7/c1-8-39-26(35)14-11-15-34-19-24(23-12-9-10-13-25(23)34)27(36)20-16-21(32-28(37)40-30(2,3)4)18-22(17-20)33-29(38)41-31(5,6)7/h9-10,12-13,16-19H,8,11,14-15H2,1-7H3,(H,32,37)(H,33,38). The van der Waals surface area contributed by atoms with Gasteiger partial charge in [0.15, 0.2) is 5.78 Å². The van der Waals surface area contributed by atoms with Crippen molar-refractivity contribution in [2.24, 2.45) is 0 Å². The minimum Gasteiger partial charge on any atom is -0.466 e. The number of ketones is 1. The summed E-state index contributed by atoms with van der Waals surface area (Å²) in [4.78, 5) is 50.7. The number of fused-ring (bicyclic) bond motifs is 1. The average molecular weight is 566 g/mol. The summed E-state index contributed by atoms with van der Waals surface area (Å²) in [5.74, 6) is -0.579. The molecule has 0 saturated heterocycles. The van der Waals surface area contributed by atoms with Gasteiger partial charge in [-0.15, -0.1) is 0 Å². The molecule has 0 aliphatic heterocycles. The van der Waals surface area contributed by atoms with Gasteiger partial charge in [0.2, 0.25) is 0 Å². The van der Waals surface area contributed by atoms with Crippen molar-refractivity contribution < 1.29 is 33.4 Å². The number of nitrogens with zero attached hydrogens (tertiary/aromatic N) is 1. The third kappa shape index (κ3) is 9.37. The Morgan fingerprint density at radius 3 is 1.93 bits per heavy atom. The summed E-state index contributed by atoms with van der Waals surface area (Å²) in [6.07, 6.45) is 1.16. The fourth-order valence-corrected chi connectivity index (χ4v) is 4.14. The second kappa shape index (κ2) is 12.9. The molecular formula is C31H39N3O7. The number of amides is 2. The normalized spacial score (nSPS) is 11.6. The highest BCUT2D eigenvalue weighted by atomic mass is 16.6. The van der Waals surface area contributed by atoms with E-state index in [2.05, 4.69) is 10.6 Å². The van der Waals surface area contributed by atoms with Crippen LogP contribution in [0.15, 0.2) is 48.7 Å². The minimum absolute atomic E-state index is 0.235. The molecule has 3 aromatic rings. The van der Waals surface area contributed by atoms with Crippen LogP contribution >= 0.6 is 0 Å². The van der Waals surface area contributed by atoms with E-state index in [9.17, 15) is 19.2 Å². The number of aromatic nitrogens is 1. The lowest BCUT2D eigenvalue weighted by Gasteiger charge is -2.21. The van der Waals surface area contributed by atoms with Gasteiger partial charge in [0.1, 0.15) is 11.2 Å². The number of para-hydroxylation sites is 1. The predicted octanol–water partition coefficient (Wildman–Crippen LogP) is 6.91. The Balaban J connectivity index is 1.96. The summed E-state index contributed by atoms with van der Waals surface area (Å²) in [7, 11) is 0. The Labute approximate surface area is 240 Å². The van der Waals surface area contributed by atoms with E-state index in [1.54, 1.807) is 54.7 Å². The molecule has 1 heterocycles. The molecule has 10 heteroatoms. The largest absolute Gasteiger partial charge is 0.466 e. The molecule has 0 bridgehead atoms. The minimum atomic E-state index is -0.732. The molecule has 2 amide bonds. The molecule has 0 aliphatic carbocycles. The Hall–Kier alpha value is -4.34. The van der Waals surface area contributed by atoms with Gasteiger partial charge >= 0.3 is 18.2 Å². The number of nitrogens with one attached hydrogen (secondary N) is 2. The predicted molar refractivity (Wildman–Crippen MR) is 157 cm³/mol. The van der Waals surface area contributed by atoms with Crippen molar-refractivity contribution in [1.29, 1.82) is 0 Å². The van der Waals surface area contributed by atoms with Gasteiger partial charge in [-0.3, -0.25) is 20.2 Å². The molecule has 0 radical (unpaired) electrons. The van der Waals surface area contributed by atoms with Gasteiger partial charge in [-0.1, -0.05) is 18.2 Å². The lowest BCUT2D eigenvalue weighted by Crippen LogP contribution is -2.28. The van der Waals surface area contributed by atoms with Crippen LogP contribution in [0.2, 0.25) is 0 Å². The third-order valence-corrected chi connectivity index (χ3v) is 5.60. The fourth-order valence-electron chi connectivity index (χ4n) is 4.14. The zero-order chi connectivity index (χ0) is 30.4. The third-order valence-electron chi connectivity index (χ3n) is 5.60. The number of esters is 1. The Morgan fingerprint density at radius 1 is 0.829 bits per heavy atom. The van der Waals surface area contributed by atoms with Crippen LogP contribution in [0.4, 0.5) is 21.0 Å². The summed E-state index contributed by atoms with van der Waals surface area (Å²) >= 11 is 0. The zero-order valence-corrected chi connectivity index (χ0v) is 24.8. The molecule has 2 aromatic carbocycles. The first kappa shape index (κ1) is 31.2. The van der Waals surface area contributed by atoms with Gasteiger partial charge < -0.3 is 18.8 Å². The summed E-state index contributed by atoms with van der Waals surface area (Å²) in [6, 6.07) is 12.1. The lowest BCUT2D eigenvalue weighted by molar-refractivity contribution is -0.143. The quantitative estimate of drug-likeness (QED) is 0.164. The number of benzene rings is 2. The van der Waals surface area contributed by atoms with Crippen LogP contribution in [0.5, 0.6) is 0 Å². The molecule has 0 fully saturated rings. The average Bonchev–Trinajstić information content (AvgIpc) is 3.19. The molecule has 0 spiro atoms. The number of anilines is 2. The van der Waals surface area contributed by atoms with Crippen LogP contribution in [0.3, 0.4) is 0 Å². The smallest absolute Gasteiger partial charge is 0.412 e. The number of carbonyl (C=O) groups excluding carboxylic acids is 4. The van der Waals surface area contributed by atoms with Gasteiger partial charge in [0.25, 0.3) is 0 Å². The number of hydrogen-bond acceptors (Lipinski definition) is 7. The molecule has 41 heavy (non-hydrogen) atoms. The maximum atomic E-state index is 13.9. The Kier molecular flexibility index (Phi) is 9.80. The van der Waals surface area contributed by atoms with E-state index in [1.807, 2.05) is 28.8 Å². The molecule has 0 saturated carbocycles. The fraction of sp³-hybridized carbons (Fsp3) is 0.419. The molecular weight excluding hydrogens is 526 g/mol. The highest BCUT2D eigenvalue weighted by Crippen LogP contribution is 2.28. The number of aryl methyl sites for hydroxylation is 1. The molecule has 3 rings (SSSR count). The topological polar surface area (TPSA) is 125 Å². The highest BCUT2D eigenvalue weighted by molar-refractivity contribution is 6.17. The van der Waals surface area contributed by atoms with Crippen molar-refractivity contribution in [2.75, 3.05) is 17.2 Å². The van der Waals surface area contributed by atoms with E-state index >= 15 is 0 Å². The van der Waals surface area contributed by atoms with Gasteiger partial charge in [0, 0.05) is 52.6 Å². The van der Waals surface area contributed by atoms with Crippen molar-refractivity contribution in [2.45, 2.75) is 79.1 Å². The van der Waals surface area contributed by atoms with Crippen LogP contribution in [-0.4, -0.2) is 46.3 Å². The lowest BCUT2D eigenvalue weighted by atomic mass is 10.0. The summed E-state index contributed by atoms with van der Waals surface area (Å²) in [6.45, 7) is 13.1. The maximum Gasteiger partial charge on any atom is 0.412 e. The van der Waals surface area contributed by atoms with Crippen molar-refractivity contribution in [3.8, 4) is 0 Å². The van der Waals surface area contributed by atoms with Crippen molar-refractivity contribution in [3.63, 3.8) is 0 Å². The molecule has 0 aliphatic rings. The first-order chi connectivity index (χ1) is 19.1. The van der Waals surface area contributed by atoms with Gasteiger partial charge in [-0.25, -0.2) is 9.59 Å². The molecule has 0 unspecified atom stereocenters. The van der Waals surface area contributed by atoms with Crippen LogP contribution < -0.4 is 10.6 Å². The van der Waals surface area contributed by atoms with E-state index in [1.165, 1.54) is 18.2 Å². The van der Waals surface area contributed by atoms with E-state index in [-0.39, 0.29) is 35.1 Å². The summed E-state index contributed by atoms with van der Waals surface area (Å²) in [5, 5.41) is 6.02. The van der Waals surface area contributed by atoms with Gasteiger partial charge in [-0.05, 0) is 79.2 Å². The zero-order valence-electron chi connectivity index (χ0n) is 24.8. The SMILES string of the molecule is CCOC(=O)CCCn1cc(C(=O)c2cc(NC(=O)OC(C)(C)C)cc(NC(=O)OC(C)(C)C)c2)c2ccccc21. The van der Waals surface area contributed by atoms with Crippen molar-refractivity contribution in [3.05, 3.63) is 59.8 Å². The first-order valence-corrected chi connectivity index (χ1v) is 13.6. The van der Waals surface area contributed by atoms with Crippen LogP contribution in [-0.2, 0) is 25.5 Å². The molecule has 10 nitrogen and oxygen atoms in total. The Bertz CT molecular complexity index is 1380. The summed E-state index contributed by atoms with van der Waals surface area (Å²) < 4.78 is 17.7. The highest BCUT2D eigenvalue weighted by Gasteiger charge is 2.22. The second-order valence-electron chi connectivity index (χ2n) is 11.5. The van der Waals surface area contributed by atoms with Crippen molar-refractivity contribution >= 4 is 46.2 Å². The molecule has 220 valence electrons. The first-order valence-electron chi connectivity index (χ1n) is 13.6. The number of hydrogen-bond donors (Lipinski definition) is 2. The van der Waals surface area contributed by atoms with E-state index < -0.39 is 23.4 Å². The number of carbonyl (C=O) groups is 4. The van der Waals surface area contributed by atoms with E-state index in [4.69, 9.17) is 14.2 Å². The van der Waals surface area contributed by atoms with Gasteiger partial charge in [-0.2, -0.15) is 0 Å². The monoisotopic (exact) mass is 565 g/mol. The molecule has 1 aromatic heterocycles.